The molecule has 0 atom stereocenters. The molecule has 0 spiro atoms. The molecule has 0 bridgehead atoms. The Morgan fingerprint density at radius 1 is 0.923 bits per heavy atom. The van der Waals surface area contributed by atoms with Crippen LogP contribution in [0.15, 0.2) is 54.6 Å². The molecule has 0 saturated heterocycles. The molecule has 0 amide bonds. The number of hydrogen-bond acceptors (Lipinski definition) is 2. The van der Waals surface area contributed by atoms with Crippen molar-refractivity contribution in [3.05, 3.63) is 72.1 Å². The molecule has 0 radical (unpaired) electrons. The smallest absolute Gasteiger partial charge is 0.144 e. The Morgan fingerprint density at radius 3 is 1.96 bits per heavy atom. The van der Waals surface area contributed by atoms with Crippen LogP contribution in [0.5, 0.6) is 0 Å². The van der Waals surface area contributed by atoms with Crippen molar-refractivity contribution >= 4 is 12.5 Å². The van der Waals surface area contributed by atoms with Crippen LogP contribution in [-0.2, 0) is 4.79 Å². The first-order chi connectivity index (χ1) is 12.5. The van der Waals surface area contributed by atoms with Gasteiger partial charge in [-0.15, -0.1) is 0 Å². The molecule has 3 aromatic rings. The van der Waals surface area contributed by atoms with E-state index in [1.807, 2.05) is 18.4 Å². The predicted octanol–water partition coefficient (Wildman–Crippen LogP) is 5.29. The SMILES string of the molecule is CC(C)c1nc(-c2ccc(F)cc2)c(-c2ccc(F)cc2)n1C=CC=O. The third kappa shape index (κ3) is 3.47. The third-order valence-corrected chi connectivity index (χ3v) is 4.00. The molecule has 26 heavy (non-hydrogen) atoms. The summed E-state index contributed by atoms with van der Waals surface area (Å²) in [6.07, 6.45) is 3.71. The van der Waals surface area contributed by atoms with E-state index >= 15 is 0 Å². The van der Waals surface area contributed by atoms with Gasteiger partial charge < -0.3 is 4.57 Å². The Hall–Kier alpha value is -3.08. The Labute approximate surface area is 150 Å². The fourth-order valence-corrected chi connectivity index (χ4v) is 2.82. The molecule has 0 N–H and O–H groups in total. The van der Waals surface area contributed by atoms with Crippen LogP contribution in [-0.4, -0.2) is 15.8 Å². The Balaban J connectivity index is 2.31. The maximum Gasteiger partial charge on any atom is 0.144 e. The molecule has 1 heterocycles. The number of carbonyl (C=O) groups excluding carboxylic acids is 1. The van der Waals surface area contributed by atoms with Crippen LogP contribution >= 0.6 is 0 Å². The van der Waals surface area contributed by atoms with E-state index in [1.165, 1.54) is 30.3 Å². The highest BCUT2D eigenvalue weighted by Crippen LogP contribution is 2.35. The summed E-state index contributed by atoms with van der Waals surface area (Å²) < 4.78 is 28.5. The first-order valence-electron chi connectivity index (χ1n) is 8.27. The van der Waals surface area contributed by atoms with Crippen LogP contribution in [0.4, 0.5) is 8.78 Å². The summed E-state index contributed by atoms with van der Waals surface area (Å²) >= 11 is 0. The van der Waals surface area contributed by atoms with E-state index in [0.717, 1.165) is 22.6 Å². The Bertz CT molecular complexity index is 939. The van der Waals surface area contributed by atoms with Gasteiger partial charge in [0.05, 0.1) is 11.4 Å². The van der Waals surface area contributed by atoms with Gasteiger partial charge in [0.15, 0.2) is 0 Å². The molecule has 0 aliphatic rings. The Kier molecular flexibility index (Phi) is 5.07. The molecule has 0 unspecified atom stereocenters. The molecular formula is C21H18F2N2O. The van der Waals surface area contributed by atoms with Crippen molar-refractivity contribution in [2.45, 2.75) is 19.8 Å². The van der Waals surface area contributed by atoms with E-state index in [-0.39, 0.29) is 17.6 Å². The summed E-state index contributed by atoms with van der Waals surface area (Å²) in [6.45, 7) is 3.99. The number of allylic oxidation sites excluding steroid dienone is 1. The quantitative estimate of drug-likeness (QED) is 0.462. The van der Waals surface area contributed by atoms with Gasteiger partial charge in [0, 0.05) is 23.2 Å². The minimum Gasteiger partial charge on any atom is -0.302 e. The van der Waals surface area contributed by atoms with Gasteiger partial charge in [-0.25, -0.2) is 13.8 Å². The highest BCUT2D eigenvalue weighted by atomic mass is 19.1. The number of hydrogen-bond donors (Lipinski definition) is 0. The fraction of sp³-hybridized carbons (Fsp3) is 0.143. The van der Waals surface area contributed by atoms with Gasteiger partial charge in [0.2, 0.25) is 0 Å². The van der Waals surface area contributed by atoms with Crippen LogP contribution in [0.1, 0.15) is 25.6 Å². The molecule has 2 aromatic carbocycles. The highest BCUT2D eigenvalue weighted by molar-refractivity contribution is 5.82. The van der Waals surface area contributed by atoms with Gasteiger partial charge in [0.1, 0.15) is 23.7 Å². The van der Waals surface area contributed by atoms with Crippen LogP contribution in [0.2, 0.25) is 0 Å². The minimum absolute atomic E-state index is 0.0831. The van der Waals surface area contributed by atoms with Crippen molar-refractivity contribution in [3.63, 3.8) is 0 Å². The standard InChI is InChI=1S/C21H18F2N2O/c1-14(2)21-24-19(15-4-8-17(22)9-5-15)20(25(21)12-3-13-26)16-6-10-18(23)11-7-16/h3-14H,1-2H3. The molecular weight excluding hydrogens is 334 g/mol. The maximum atomic E-state index is 13.4. The van der Waals surface area contributed by atoms with Gasteiger partial charge in [-0.05, 0) is 54.6 Å². The average molecular weight is 352 g/mol. The van der Waals surface area contributed by atoms with Gasteiger partial charge >= 0.3 is 0 Å². The molecule has 5 heteroatoms. The lowest BCUT2D eigenvalue weighted by atomic mass is 10.0. The monoisotopic (exact) mass is 352 g/mol. The van der Waals surface area contributed by atoms with Crippen molar-refractivity contribution in [1.82, 2.24) is 9.55 Å². The Morgan fingerprint density at radius 2 is 1.46 bits per heavy atom. The maximum absolute atomic E-state index is 13.4. The normalized spacial score (nSPS) is 11.4. The molecule has 0 fully saturated rings. The molecule has 0 aliphatic carbocycles. The largest absolute Gasteiger partial charge is 0.302 e. The lowest BCUT2D eigenvalue weighted by Gasteiger charge is -2.10. The van der Waals surface area contributed by atoms with E-state index in [1.54, 1.807) is 30.5 Å². The number of aromatic nitrogens is 2. The first-order valence-corrected chi connectivity index (χ1v) is 8.27. The number of halogens is 2. The zero-order chi connectivity index (χ0) is 18.7. The molecule has 3 rings (SSSR count). The first kappa shape index (κ1) is 17.7. The second kappa shape index (κ2) is 7.44. The van der Waals surface area contributed by atoms with Crippen molar-refractivity contribution in [1.29, 1.82) is 0 Å². The number of aldehydes is 1. The van der Waals surface area contributed by atoms with Crippen molar-refractivity contribution < 1.29 is 13.6 Å². The molecule has 1 aromatic heterocycles. The van der Waals surface area contributed by atoms with Crippen molar-refractivity contribution in [2.24, 2.45) is 0 Å². The lowest BCUT2D eigenvalue weighted by molar-refractivity contribution is -0.104. The topological polar surface area (TPSA) is 34.9 Å². The van der Waals surface area contributed by atoms with E-state index in [9.17, 15) is 13.6 Å². The van der Waals surface area contributed by atoms with Gasteiger partial charge in [-0.3, -0.25) is 4.79 Å². The molecule has 0 saturated carbocycles. The van der Waals surface area contributed by atoms with Gasteiger partial charge in [-0.1, -0.05) is 13.8 Å². The fourth-order valence-electron chi connectivity index (χ4n) is 2.82. The van der Waals surface area contributed by atoms with Crippen molar-refractivity contribution in [3.8, 4) is 22.5 Å². The van der Waals surface area contributed by atoms with E-state index < -0.39 is 0 Å². The number of benzene rings is 2. The van der Waals surface area contributed by atoms with E-state index in [0.29, 0.717) is 12.0 Å². The number of rotatable bonds is 5. The third-order valence-electron chi connectivity index (χ3n) is 4.00. The van der Waals surface area contributed by atoms with E-state index in [2.05, 4.69) is 0 Å². The molecule has 3 nitrogen and oxygen atoms in total. The van der Waals surface area contributed by atoms with Crippen molar-refractivity contribution in [2.75, 3.05) is 0 Å². The van der Waals surface area contributed by atoms with Crippen LogP contribution in [0, 0.1) is 11.6 Å². The second-order valence-electron chi connectivity index (χ2n) is 6.18. The summed E-state index contributed by atoms with van der Waals surface area (Å²) in [5.74, 6) is 0.165. The predicted molar refractivity (Wildman–Crippen MR) is 98.5 cm³/mol. The molecule has 132 valence electrons. The summed E-state index contributed by atoms with van der Waals surface area (Å²) in [5, 5.41) is 0. The number of imidazole rings is 1. The zero-order valence-corrected chi connectivity index (χ0v) is 14.5. The molecule has 0 aliphatic heterocycles. The van der Waals surface area contributed by atoms with Gasteiger partial charge in [0.25, 0.3) is 0 Å². The average Bonchev–Trinajstić information content (AvgIpc) is 3.01. The number of carbonyl (C=O) groups is 1. The van der Waals surface area contributed by atoms with Crippen LogP contribution in [0.3, 0.4) is 0 Å². The highest BCUT2D eigenvalue weighted by Gasteiger charge is 2.20. The van der Waals surface area contributed by atoms with Gasteiger partial charge in [-0.2, -0.15) is 0 Å². The summed E-state index contributed by atoms with van der Waals surface area (Å²) in [7, 11) is 0. The zero-order valence-electron chi connectivity index (χ0n) is 14.5. The second-order valence-corrected chi connectivity index (χ2v) is 6.18. The summed E-state index contributed by atoms with van der Waals surface area (Å²) in [6, 6.07) is 12.1. The summed E-state index contributed by atoms with van der Waals surface area (Å²) in [5.41, 5.74) is 2.86. The van der Waals surface area contributed by atoms with E-state index in [4.69, 9.17) is 4.98 Å². The minimum atomic E-state index is -0.337. The van der Waals surface area contributed by atoms with Crippen LogP contribution < -0.4 is 0 Å². The number of nitrogens with zero attached hydrogens (tertiary/aromatic N) is 2. The lowest BCUT2D eigenvalue weighted by Crippen LogP contribution is -2.00. The van der Waals surface area contributed by atoms with Crippen LogP contribution in [0.25, 0.3) is 28.7 Å². The summed E-state index contributed by atoms with van der Waals surface area (Å²) in [4.78, 5) is 15.6.